The van der Waals surface area contributed by atoms with E-state index in [0.717, 1.165) is 35.2 Å². The second kappa shape index (κ2) is 7.49. The van der Waals surface area contributed by atoms with Crippen molar-refractivity contribution in [3.63, 3.8) is 0 Å². The molecule has 0 spiro atoms. The number of nitrogens with one attached hydrogen (secondary N) is 1. The van der Waals surface area contributed by atoms with Crippen molar-refractivity contribution in [3.05, 3.63) is 52.1 Å². The van der Waals surface area contributed by atoms with Gasteiger partial charge in [-0.1, -0.05) is 0 Å². The Balaban J connectivity index is 1.70. The third kappa shape index (κ3) is 4.85. The molecule has 1 aromatic carbocycles. The van der Waals surface area contributed by atoms with Crippen LogP contribution in [0.2, 0.25) is 0 Å². The third-order valence-corrected chi connectivity index (χ3v) is 4.98. The second-order valence-electron chi connectivity index (χ2n) is 6.17. The van der Waals surface area contributed by atoms with Crippen LogP contribution in [0.5, 0.6) is 0 Å². The maximum absolute atomic E-state index is 12.7. The minimum atomic E-state index is -4.53. The summed E-state index contributed by atoms with van der Waals surface area (Å²) in [6.45, 7) is 2.64. The van der Waals surface area contributed by atoms with Gasteiger partial charge in [-0.05, 0) is 50.1 Å². The number of nitrogens with zero attached hydrogens (tertiary/aromatic N) is 2. The van der Waals surface area contributed by atoms with Crippen LogP contribution in [-0.4, -0.2) is 16.9 Å². The van der Waals surface area contributed by atoms with Gasteiger partial charge in [0.15, 0.2) is 0 Å². The van der Waals surface area contributed by atoms with E-state index in [4.69, 9.17) is 5.73 Å². The molecule has 2 aromatic rings. The van der Waals surface area contributed by atoms with E-state index in [9.17, 15) is 13.2 Å². The normalized spacial score (nSPS) is 16.0. The number of aryl methyl sites for hydroxylation is 1. The van der Waals surface area contributed by atoms with Crippen molar-refractivity contribution in [1.82, 2.24) is 4.98 Å². The van der Waals surface area contributed by atoms with Crippen molar-refractivity contribution in [1.29, 1.82) is 0 Å². The van der Waals surface area contributed by atoms with Crippen molar-refractivity contribution in [2.45, 2.75) is 32.5 Å². The molecule has 0 radical (unpaired) electrons. The Morgan fingerprint density at radius 1 is 1.35 bits per heavy atom. The van der Waals surface area contributed by atoms with Gasteiger partial charge >= 0.3 is 6.18 Å². The number of hydrogen-bond acceptors (Lipinski definition) is 5. The number of halogens is 3. The molecule has 26 heavy (non-hydrogen) atoms. The number of aliphatic imine (C=N–C) groups is 1. The topological polar surface area (TPSA) is 63.3 Å². The van der Waals surface area contributed by atoms with Crippen LogP contribution in [0, 0.1) is 12.8 Å². The molecule has 0 aliphatic heterocycles. The highest BCUT2D eigenvalue weighted by Crippen LogP contribution is 2.34. The van der Waals surface area contributed by atoms with E-state index >= 15 is 0 Å². The molecule has 1 heterocycles. The highest BCUT2D eigenvalue weighted by molar-refractivity contribution is 7.09. The van der Waals surface area contributed by atoms with Crippen LogP contribution < -0.4 is 11.1 Å². The van der Waals surface area contributed by atoms with Crippen LogP contribution in [0.3, 0.4) is 0 Å². The maximum atomic E-state index is 12.7. The van der Waals surface area contributed by atoms with E-state index in [-0.39, 0.29) is 5.92 Å². The number of allylic oxidation sites excluding steroid dienone is 2. The number of thiazole rings is 1. The lowest BCUT2D eigenvalue weighted by atomic mass is 10.2. The van der Waals surface area contributed by atoms with E-state index in [1.54, 1.807) is 23.5 Å². The lowest BCUT2D eigenvalue weighted by molar-refractivity contribution is -0.0925. The third-order valence-electron chi connectivity index (χ3n) is 4.05. The molecule has 0 atom stereocenters. The molecule has 1 aromatic heterocycles. The fourth-order valence-electron chi connectivity index (χ4n) is 2.34. The lowest BCUT2D eigenvalue weighted by Crippen LogP contribution is -2.21. The quantitative estimate of drug-likeness (QED) is 0.697. The summed E-state index contributed by atoms with van der Waals surface area (Å²) >= 11 is 1.59. The fourth-order valence-corrected chi connectivity index (χ4v) is 3.06. The molecule has 8 heteroatoms. The van der Waals surface area contributed by atoms with Crippen LogP contribution in [0.15, 0.2) is 46.5 Å². The Labute approximate surface area is 153 Å². The number of aromatic nitrogens is 1. The van der Waals surface area contributed by atoms with Gasteiger partial charge in [0, 0.05) is 22.2 Å². The Morgan fingerprint density at radius 3 is 2.58 bits per heavy atom. The SMILES string of the molecule is Cc1ncsc1CNc1ccc(N=C(C=C(N)C(F)(F)F)C2CC2)cc1. The number of anilines is 1. The molecule has 1 saturated carbocycles. The van der Waals surface area contributed by atoms with Gasteiger partial charge in [0.05, 0.1) is 23.4 Å². The number of nitrogens with two attached hydrogens (primary N) is 1. The Kier molecular flexibility index (Phi) is 5.31. The molecule has 1 fully saturated rings. The van der Waals surface area contributed by atoms with Crippen molar-refractivity contribution < 1.29 is 13.2 Å². The van der Waals surface area contributed by atoms with Crippen molar-refractivity contribution >= 4 is 28.4 Å². The number of alkyl halides is 3. The molecule has 0 saturated heterocycles. The van der Waals surface area contributed by atoms with Gasteiger partial charge in [-0.15, -0.1) is 11.3 Å². The minimum Gasteiger partial charge on any atom is -0.395 e. The standard InChI is InChI=1S/C18H19F3N4S/c1-11-16(26-10-24-11)9-23-13-4-6-14(7-5-13)25-15(12-2-3-12)8-17(22)18(19,20)21/h4-8,10,12,23H,2-3,9,22H2,1H3. The predicted octanol–water partition coefficient (Wildman–Crippen LogP) is 4.95. The number of rotatable bonds is 6. The van der Waals surface area contributed by atoms with E-state index in [2.05, 4.69) is 15.3 Å². The summed E-state index contributed by atoms with van der Waals surface area (Å²) in [7, 11) is 0. The minimum absolute atomic E-state index is 0.0583. The molecule has 0 amide bonds. The largest absolute Gasteiger partial charge is 0.430 e. The fraction of sp³-hybridized carbons (Fsp3) is 0.333. The highest BCUT2D eigenvalue weighted by atomic mass is 32.1. The van der Waals surface area contributed by atoms with E-state index in [1.807, 2.05) is 24.6 Å². The highest BCUT2D eigenvalue weighted by Gasteiger charge is 2.34. The summed E-state index contributed by atoms with van der Waals surface area (Å²) < 4.78 is 38.0. The molecule has 0 bridgehead atoms. The lowest BCUT2D eigenvalue weighted by Gasteiger charge is -2.08. The van der Waals surface area contributed by atoms with E-state index in [1.165, 1.54) is 0 Å². The summed E-state index contributed by atoms with van der Waals surface area (Å²) in [4.78, 5) is 9.73. The molecular formula is C18H19F3N4S. The molecule has 3 rings (SSSR count). The van der Waals surface area contributed by atoms with Gasteiger partial charge in [-0.3, -0.25) is 4.99 Å². The first-order valence-electron chi connectivity index (χ1n) is 8.19. The van der Waals surface area contributed by atoms with E-state index < -0.39 is 11.9 Å². The molecule has 3 N–H and O–H groups in total. The van der Waals surface area contributed by atoms with Gasteiger partial charge in [0.25, 0.3) is 0 Å². The van der Waals surface area contributed by atoms with Crippen LogP contribution in [0.25, 0.3) is 0 Å². The first-order valence-corrected chi connectivity index (χ1v) is 9.07. The molecule has 138 valence electrons. The Bertz CT molecular complexity index is 818. The number of hydrogen-bond donors (Lipinski definition) is 2. The zero-order valence-corrected chi connectivity index (χ0v) is 15.0. The maximum Gasteiger partial charge on any atom is 0.430 e. The van der Waals surface area contributed by atoms with Crippen LogP contribution >= 0.6 is 11.3 Å². The first-order chi connectivity index (χ1) is 12.3. The van der Waals surface area contributed by atoms with Crippen LogP contribution in [0.4, 0.5) is 24.5 Å². The zero-order valence-electron chi connectivity index (χ0n) is 14.2. The molecular weight excluding hydrogens is 361 g/mol. The van der Waals surface area contributed by atoms with Crippen molar-refractivity contribution in [2.75, 3.05) is 5.32 Å². The average molecular weight is 380 g/mol. The first kappa shape index (κ1) is 18.4. The van der Waals surface area contributed by atoms with Gasteiger partial charge in [-0.2, -0.15) is 13.2 Å². The summed E-state index contributed by atoms with van der Waals surface area (Å²) in [5.41, 5.74) is 8.75. The monoisotopic (exact) mass is 380 g/mol. The predicted molar refractivity (Wildman–Crippen MR) is 98.8 cm³/mol. The summed E-state index contributed by atoms with van der Waals surface area (Å²) in [6, 6.07) is 7.27. The summed E-state index contributed by atoms with van der Waals surface area (Å²) in [5.74, 6) is 0.0583. The van der Waals surface area contributed by atoms with Crippen molar-refractivity contribution in [2.24, 2.45) is 16.6 Å². The smallest absolute Gasteiger partial charge is 0.395 e. The summed E-state index contributed by atoms with van der Waals surface area (Å²) in [5, 5.41) is 3.30. The molecule has 0 unspecified atom stereocenters. The zero-order chi connectivity index (χ0) is 18.7. The Hall–Kier alpha value is -2.35. The molecule has 4 nitrogen and oxygen atoms in total. The van der Waals surface area contributed by atoms with Gasteiger partial charge < -0.3 is 11.1 Å². The average Bonchev–Trinajstić information content (AvgIpc) is 3.35. The van der Waals surface area contributed by atoms with Gasteiger partial charge in [0.2, 0.25) is 0 Å². The number of benzene rings is 1. The van der Waals surface area contributed by atoms with Crippen LogP contribution in [-0.2, 0) is 6.54 Å². The van der Waals surface area contributed by atoms with Gasteiger partial charge in [-0.25, -0.2) is 4.98 Å². The second-order valence-corrected chi connectivity index (χ2v) is 7.11. The van der Waals surface area contributed by atoms with E-state index in [0.29, 0.717) is 17.9 Å². The summed E-state index contributed by atoms with van der Waals surface area (Å²) in [6.07, 6.45) is -1.89. The Morgan fingerprint density at radius 2 is 2.04 bits per heavy atom. The van der Waals surface area contributed by atoms with Crippen molar-refractivity contribution in [3.8, 4) is 0 Å². The van der Waals surface area contributed by atoms with Crippen LogP contribution in [0.1, 0.15) is 23.4 Å². The van der Waals surface area contributed by atoms with Gasteiger partial charge in [0.1, 0.15) is 5.70 Å². The molecule has 1 aliphatic carbocycles. The molecule has 1 aliphatic rings.